The van der Waals surface area contributed by atoms with Gasteiger partial charge in [-0.3, -0.25) is 15.0 Å². The lowest BCUT2D eigenvalue weighted by Crippen LogP contribution is -2.48. The van der Waals surface area contributed by atoms with Crippen LogP contribution in [0.15, 0.2) is 18.2 Å². The van der Waals surface area contributed by atoms with Crippen LogP contribution in [0.3, 0.4) is 0 Å². The standard InChI is InChI=1S/C14H19N3O4/c1-10(2)15-5-7-16(8-6-15)11-3-4-12(14(18)19)13(9-11)17(20)21/h3-4,9-10H,5-8H2,1-2H3,(H,18,19). The molecule has 0 atom stereocenters. The number of anilines is 1. The van der Waals surface area contributed by atoms with E-state index in [1.165, 1.54) is 12.1 Å². The number of piperazine rings is 1. The fourth-order valence-electron chi connectivity index (χ4n) is 2.55. The molecule has 1 fully saturated rings. The van der Waals surface area contributed by atoms with Gasteiger partial charge in [-0.25, -0.2) is 4.79 Å². The van der Waals surface area contributed by atoms with Gasteiger partial charge in [0.2, 0.25) is 0 Å². The Morgan fingerprint density at radius 1 is 1.29 bits per heavy atom. The molecule has 1 aromatic rings. The lowest BCUT2D eigenvalue weighted by molar-refractivity contribution is -0.385. The van der Waals surface area contributed by atoms with Gasteiger partial charge in [-0.15, -0.1) is 0 Å². The Labute approximate surface area is 122 Å². The number of nitro benzene ring substituents is 1. The predicted molar refractivity (Wildman–Crippen MR) is 79.0 cm³/mol. The Hall–Kier alpha value is -2.15. The molecule has 1 N–H and O–H groups in total. The van der Waals surface area contributed by atoms with Crippen molar-refractivity contribution in [2.24, 2.45) is 0 Å². The molecule has 21 heavy (non-hydrogen) atoms. The molecule has 1 aliphatic heterocycles. The van der Waals surface area contributed by atoms with E-state index < -0.39 is 10.9 Å². The molecule has 114 valence electrons. The van der Waals surface area contributed by atoms with E-state index in [4.69, 9.17) is 5.11 Å². The first kappa shape index (κ1) is 15.2. The van der Waals surface area contributed by atoms with Crippen LogP contribution in [0.4, 0.5) is 11.4 Å². The van der Waals surface area contributed by atoms with Gasteiger partial charge in [0.25, 0.3) is 5.69 Å². The summed E-state index contributed by atoms with van der Waals surface area (Å²) in [6.45, 7) is 7.63. The van der Waals surface area contributed by atoms with Crippen LogP contribution >= 0.6 is 0 Å². The minimum atomic E-state index is -1.28. The zero-order chi connectivity index (χ0) is 15.6. The molecule has 1 saturated heterocycles. The predicted octanol–water partition coefficient (Wildman–Crippen LogP) is 1.82. The van der Waals surface area contributed by atoms with Crippen molar-refractivity contribution < 1.29 is 14.8 Å². The zero-order valence-electron chi connectivity index (χ0n) is 12.2. The van der Waals surface area contributed by atoms with Gasteiger partial charge in [0.05, 0.1) is 4.92 Å². The molecule has 7 nitrogen and oxygen atoms in total. The molecule has 0 amide bonds. The summed E-state index contributed by atoms with van der Waals surface area (Å²) in [4.78, 5) is 25.8. The summed E-state index contributed by atoms with van der Waals surface area (Å²) in [7, 11) is 0. The molecule has 0 aromatic heterocycles. The number of nitrogens with zero attached hydrogens (tertiary/aromatic N) is 3. The Balaban J connectivity index is 2.20. The fraction of sp³-hybridized carbons (Fsp3) is 0.500. The largest absolute Gasteiger partial charge is 0.477 e. The first-order valence-corrected chi connectivity index (χ1v) is 6.91. The average molecular weight is 293 g/mol. The number of carbonyl (C=O) groups is 1. The molecule has 0 radical (unpaired) electrons. The van der Waals surface area contributed by atoms with Gasteiger partial charge in [0, 0.05) is 44.0 Å². The van der Waals surface area contributed by atoms with E-state index in [0.717, 1.165) is 26.2 Å². The molecule has 0 saturated carbocycles. The first-order valence-electron chi connectivity index (χ1n) is 6.91. The molecular weight excluding hydrogens is 274 g/mol. The van der Waals surface area contributed by atoms with Gasteiger partial charge in [-0.05, 0) is 26.0 Å². The highest BCUT2D eigenvalue weighted by atomic mass is 16.6. The number of carboxylic acid groups (broad SMARTS) is 1. The quantitative estimate of drug-likeness (QED) is 0.673. The van der Waals surface area contributed by atoms with Crippen molar-refractivity contribution in [1.29, 1.82) is 0 Å². The number of aromatic carboxylic acids is 1. The Kier molecular flexibility index (Phi) is 4.42. The summed E-state index contributed by atoms with van der Waals surface area (Å²) >= 11 is 0. The summed E-state index contributed by atoms with van der Waals surface area (Å²) < 4.78 is 0. The van der Waals surface area contributed by atoms with Crippen molar-refractivity contribution in [2.75, 3.05) is 31.1 Å². The van der Waals surface area contributed by atoms with Crippen LogP contribution in [-0.4, -0.2) is 53.1 Å². The average Bonchev–Trinajstić information content (AvgIpc) is 2.46. The van der Waals surface area contributed by atoms with E-state index in [0.29, 0.717) is 11.7 Å². The van der Waals surface area contributed by atoms with Crippen LogP contribution in [0.2, 0.25) is 0 Å². The summed E-state index contributed by atoms with van der Waals surface area (Å²) in [5.74, 6) is -1.28. The van der Waals surface area contributed by atoms with Gasteiger partial charge in [-0.2, -0.15) is 0 Å². The van der Waals surface area contributed by atoms with E-state index in [9.17, 15) is 14.9 Å². The van der Waals surface area contributed by atoms with Crippen molar-refractivity contribution in [2.45, 2.75) is 19.9 Å². The number of hydrogen-bond acceptors (Lipinski definition) is 5. The highest BCUT2D eigenvalue weighted by molar-refractivity contribution is 5.93. The minimum absolute atomic E-state index is 0.274. The molecular formula is C14H19N3O4. The molecule has 0 aliphatic carbocycles. The number of nitro groups is 1. The van der Waals surface area contributed by atoms with E-state index in [2.05, 4.69) is 23.6 Å². The topological polar surface area (TPSA) is 86.9 Å². The molecule has 2 rings (SSSR count). The van der Waals surface area contributed by atoms with Crippen molar-refractivity contribution in [3.8, 4) is 0 Å². The van der Waals surface area contributed by atoms with Crippen LogP contribution < -0.4 is 4.90 Å². The minimum Gasteiger partial charge on any atom is -0.477 e. The summed E-state index contributed by atoms with van der Waals surface area (Å²) in [6.07, 6.45) is 0. The van der Waals surface area contributed by atoms with Crippen LogP contribution in [0.1, 0.15) is 24.2 Å². The van der Waals surface area contributed by atoms with Crippen LogP contribution in [0, 0.1) is 10.1 Å². The molecule has 1 heterocycles. The van der Waals surface area contributed by atoms with Gasteiger partial charge in [-0.1, -0.05) is 0 Å². The maximum absolute atomic E-state index is 11.0. The van der Waals surface area contributed by atoms with Crippen molar-refractivity contribution >= 4 is 17.3 Å². The number of carboxylic acids is 1. The van der Waals surface area contributed by atoms with Crippen molar-refractivity contribution in [1.82, 2.24) is 4.90 Å². The smallest absolute Gasteiger partial charge is 0.342 e. The Morgan fingerprint density at radius 2 is 1.90 bits per heavy atom. The van der Waals surface area contributed by atoms with Gasteiger partial charge in [0.1, 0.15) is 5.56 Å². The lowest BCUT2D eigenvalue weighted by Gasteiger charge is -2.38. The second kappa shape index (κ2) is 6.09. The van der Waals surface area contributed by atoms with Crippen LogP contribution in [0.25, 0.3) is 0 Å². The second-order valence-corrected chi connectivity index (χ2v) is 5.38. The van der Waals surface area contributed by atoms with Crippen LogP contribution in [-0.2, 0) is 0 Å². The highest BCUT2D eigenvalue weighted by Gasteiger charge is 2.24. The molecule has 0 unspecified atom stereocenters. The van der Waals surface area contributed by atoms with E-state index in [1.807, 2.05) is 0 Å². The number of hydrogen-bond donors (Lipinski definition) is 1. The zero-order valence-corrected chi connectivity index (χ0v) is 12.2. The third-order valence-corrected chi connectivity index (χ3v) is 3.82. The normalized spacial score (nSPS) is 16.2. The summed E-state index contributed by atoms with van der Waals surface area (Å²) in [6, 6.07) is 4.79. The molecule has 1 aromatic carbocycles. The van der Waals surface area contributed by atoms with Gasteiger partial charge >= 0.3 is 5.97 Å². The number of benzene rings is 1. The number of rotatable bonds is 4. The van der Waals surface area contributed by atoms with E-state index in [-0.39, 0.29) is 11.3 Å². The Bertz CT molecular complexity index is 551. The van der Waals surface area contributed by atoms with Crippen molar-refractivity contribution in [3.63, 3.8) is 0 Å². The third-order valence-electron chi connectivity index (χ3n) is 3.82. The van der Waals surface area contributed by atoms with E-state index >= 15 is 0 Å². The van der Waals surface area contributed by atoms with Crippen LogP contribution in [0.5, 0.6) is 0 Å². The molecule has 0 bridgehead atoms. The monoisotopic (exact) mass is 293 g/mol. The van der Waals surface area contributed by atoms with Gasteiger partial charge in [0.15, 0.2) is 0 Å². The van der Waals surface area contributed by atoms with E-state index in [1.54, 1.807) is 6.07 Å². The highest BCUT2D eigenvalue weighted by Crippen LogP contribution is 2.26. The molecule has 1 aliphatic rings. The fourth-order valence-corrected chi connectivity index (χ4v) is 2.55. The van der Waals surface area contributed by atoms with Crippen molar-refractivity contribution in [3.05, 3.63) is 33.9 Å². The maximum Gasteiger partial charge on any atom is 0.342 e. The Morgan fingerprint density at radius 3 is 2.38 bits per heavy atom. The third kappa shape index (κ3) is 3.30. The molecule has 0 spiro atoms. The first-order chi connectivity index (χ1) is 9.90. The second-order valence-electron chi connectivity index (χ2n) is 5.38. The SMILES string of the molecule is CC(C)N1CCN(c2ccc(C(=O)O)c([N+](=O)[O-])c2)CC1. The summed E-state index contributed by atoms with van der Waals surface area (Å²) in [5, 5.41) is 20.0. The maximum atomic E-state index is 11.0. The van der Waals surface area contributed by atoms with Gasteiger partial charge < -0.3 is 10.0 Å². The lowest BCUT2D eigenvalue weighted by atomic mass is 10.1. The summed E-state index contributed by atoms with van der Waals surface area (Å²) in [5.41, 5.74) is 0.0750. The molecule has 7 heteroatoms.